The first kappa shape index (κ1) is 18.5. The summed E-state index contributed by atoms with van der Waals surface area (Å²) in [7, 11) is 0. The summed E-state index contributed by atoms with van der Waals surface area (Å²) in [6.07, 6.45) is 0. The molecule has 0 aliphatic rings. The molecule has 0 aromatic rings. The monoisotopic (exact) mass is 242 g/mol. The van der Waals surface area contributed by atoms with E-state index in [2.05, 4.69) is 29.1 Å². The maximum Gasteiger partial charge on any atom is 0.0350 e. The predicted octanol–water partition coefficient (Wildman–Crippen LogP) is 0.830. The SMILES string of the molecule is C=C(C)CNCC(=C)NCCNCCN.CC. The Hall–Kier alpha value is -0.840. The smallest absolute Gasteiger partial charge is 0.0350 e. The van der Waals surface area contributed by atoms with Gasteiger partial charge in [-0.25, -0.2) is 0 Å². The fourth-order valence-corrected chi connectivity index (χ4v) is 1.04. The molecule has 0 unspecified atom stereocenters. The van der Waals surface area contributed by atoms with Crippen LogP contribution >= 0.6 is 0 Å². The van der Waals surface area contributed by atoms with Crippen molar-refractivity contribution in [1.29, 1.82) is 0 Å². The van der Waals surface area contributed by atoms with Crippen molar-refractivity contribution in [2.75, 3.05) is 39.3 Å². The zero-order valence-corrected chi connectivity index (χ0v) is 11.7. The van der Waals surface area contributed by atoms with Gasteiger partial charge in [-0.1, -0.05) is 32.6 Å². The highest BCUT2D eigenvalue weighted by Gasteiger charge is 1.92. The summed E-state index contributed by atoms with van der Waals surface area (Å²) < 4.78 is 0. The van der Waals surface area contributed by atoms with Crippen molar-refractivity contribution >= 4 is 0 Å². The van der Waals surface area contributed by atoms with E-state index < -0.39 is 0 Å². The normalized spacial score (nSPS) is 9.18. The van der Waals surface area contributed by atoms with Crippen LogP contribution in [0.25, 0.3) is 0 Å². The Kier molecular flexibility index (Phi) is 16.5. The van der Waals surface area contributed by atoms with Crippen LogP contribution in [0.3, 0.4) is 0 Å². The summed E-state index contributed by atoms with van der Waals surface area (Å²) >= 11 is 0. The molecule has 0 aromatic carbocycles. The van der Waals surface area contributed by atoms with E-state index in [9.17, 15) is 0 Å². The van der Waals surface area contributed by atoms with Gasteiger partial charge in [0.2, 0.25) is 0 Å². The van der Waals surface area contributed by atoms with Crippen molar-refractivity contribution in [3.8, 4) is 0 Å². The molecule has 0 aliphatic heterocycles. The Bertz CT molecular complexity index is 190. The number of hydrogen-bond donors (Lipinski definition) is 4. The summed E-state index contributed by atoms with van der Waals surface area (Å²) in [6.45, 7) is 18.7. The second kappa shape index (κ2) is 15.2. The van der Waals surface area contributed by atoms with Gasteiger partial charge in [0.25, 0.3) is 0 Å². The van der Waals surface area contributed by atoms with Crippen LogP contribution in [0, 0.1) is 0 Å². The lowest BCUT2D eigenvalue weighted by Gasteiger charge is -2.11. The summed E-state index contributed by atoms with van der Waals surface area (Å²) in [5, 5.41) is 9.66. The van der Waals surface area contributed by atoms with Crippen LogP contribution in [0.1, 0.15) is 20.8 Å². The molecule has 0 saturated heterocycles. The molecule has 4 nitrogen and oxygen atoms in total. The molecule has 0 atom stereocenters. The van der Waals surface area contributed by atoms with Crippen LogP contribution in [-0.2, 0) is 0 Å². The van der Waals surface area contributed by atoms with Crippen LogP contribution in [0.5, 0.6) is 0 Å². The van der Waals surface area contributed by atoms with Crippen LogP contribution in [-0.4, -0.2) is 39.3 Å². The number of hydrogen-bond acceptors (Lipinski definition) is 4. The third kappa shape index (κ3) is 17.8. The number of nitrogens with two attached hydrogens (primary N) is 1. The molecule has 0 fully saturated rings. The van der Waals surface area contributed by atoms with Crippen molar-refractivity contribution in [1.82, 2.24) is 16.0 Å². The molecular formula is C13H30N4. The Morgan fingerprint density at radius 3 is 2.18 bits per heavy atom. The lowest BCUT2D eigenvalue weighted by Crippen LogP contribution is -2.32. The van der Waals surface area contributed by atoms with Crippen molar-refractivity contribution in [3.05, 3.63) is 24.4 Å². The summed E-state index contributed by atoms with van der Waals surface area (Å²) in [5.41, 5.74) is 7.48. The van der Waals surface area contributed by atoms with Crippen LogP contribution in [0.15, 0.2) is 24.4 Å². The van der Waals surface area contributed by atoms with E-state index in [0.29, 0.717) is 6.54 Å². The quantitative estimate of drug-likeness (QED) is 0.338. The highest BCUT2D eigenvalue weighted by molar-refractivity contribution is 4.97. The zero-order valence-electron chi connectivity index (χ0n) is 11.7. The third-order valence-corrected chi connectivity index (χ3v) is 1.76. The predicted molar refractivity (Wildman–Crippen MR) is 78.1 cm³/mol. The number of rotatable bonds is 10. The van der Waals surface area contributed by atoms with Crippen molar-refractivity contribution in [3.63, 3.8) is 0 Å². The Morgan fingerprint density at radius 2 is 1.65 bits per heavy atom. The Balaban J connectivity index is 0. The third-order valence-electron chi connectivity index (χ3n) is 1.76. The lowest BCUT2D eigenvalue weighted by atomic mass is 10.3. The Morgan fingerprint density at radius 1 is 1.00 bits per heavy atom. The van der Waals surface area contributed by atoms with Gasteiger partial charge in [-0.05, 0) is 6.92 Å². The van der Waals surface area contributed by atoms with Gasteiger partial charge in [-0.15, -0.1) is 0 Å². The molecule has 5 N–H and O–H groups in total. The molecule has 17 heavy (non-hydrogen) atoms. The highest BCUT2D eigenvalue weighted by Crippen LogP contribution is 1.84. The molecule has 4 heteroatoms. The molecule has 0 radical (unpaired) electrons. The molecular weight excluding hydrogens is 212 g/mol. The molecule has 0 rings (SSSR count). The average molecular weight is 242 g/mol. The first-order chi connectivity index (χ1) is 8.16. The van der Waals surface area contributed by atoms with E-state index >= 15 is 0 Å². The minimum absolute atomic E-state index is 0.682. The zero-order chi connectivity index (χ0) is 13.5. The first-order valence-electron chi connectivity index (χ1n) is 6.34. The van der Waals surface area contributed by atoms with Crippen molar-refractivity contribution in [2.45, 2.75) is 20.8 Å². The van der Waals surface area contributed by atoms with E-state index in [-0.39, 0.29) is 0 Å². The molecule has 0 amide bonds. The largest absolute Gasteiger partial charge is 0.386 e. The van der Waals surface area contributed by atoms with E-state index in [1.165, 1.54) is 0 Å². The average Bonchev–Trinajstić information content (AvgIpc) is 2.31. The van der Waals surface area contributed by atoms with Gasteiger partial charge in [-0.2, -0.15) is 0 Å². The van der Waals surface area contributed by atoms with Gasteiger partial charge in [0.05, 0.1) is 0 Å². The van der Waals surface area contributed by atoms with Crippen LogP contribution < -0.4 is 21.7 Å². The second-order valence-corrected chi connectivity index (χ2v) is 3.63. The highest BCUT2D eigenvalue weighted by atomic mass is 15.0. The molecule has 0 aliphatic carbocycles. The molecule has 102 valence electrons. The first-order valence-corrected chi connectivity index (χ1v) is 6.34. The van der Waals surface area contributed by atoms with Gasteiger partial charge in [0.15, 0.2) is 0 Å². The molecule has 0 bridgehead atoms. The minimum atomic E-state index is 0.682. The van der Waals surface area contributed by atoms with Gasteiger partial charge in [0.1, 0.15) is 0 Å². The van der Waals surface area contributed by atoms with Crippen molar-refractivity contribution < 1.29 is 0 Å². The standard InChI is InChI=1S/C11H24N4.C2H6/c1-10(2)8-14-9-11(3)15-7-6-13-5-4-12;1-2/h13-15H,1,3-9,12H2,2H3;1-2H3. The maximum absolute atomic E-state index is 5.35. The van der Waals surface area contributed by atoms with E-state index in [0.717, 1.165) is 44.0 Å². The minimum Gasteiger partial charge on any atom is -0.386 e. The topological polar surface area (TPSA) is 62.1 Å². The van der Waals surface area contributed by atoms with Crippen LogP contribution in [0.4, 0.5) is 0 Å². The lowest BCUT2D eigenvalue weighted by molar-refractivity contribution is 0.639. The van der Waals surface area contributed by atoms with E-state index in [1.54, 1.807) is 0 Å². The van der Waals surface area contributed by atoms with Gasteiger partial charge in [-0.3, -0.25) is 0 Å². The fourth-order valence-electron chi connectivity index (χ4n) is 1.04. The summed E-state index contributed by atoms with van der Waals surface area (Å²) in [5.74, 6) is 0. The van der Waals surface area contributed by atoms with Gasteiger partial charge < -0.3 is 21.7 Å². The van der Waals surface area contributed by atoms with E-state index in [4.69, 9.17) is 5.73 Å². The molecule has 0 heterocycles. The van der Waals surface area contributed by atoms with Gasteiger partial charge >= 0.3 is 0 Å². The summed E-state index contributed by atoms with van der Waals surface area (Å²) in [4.78, 5) is 0. The molecule has 0 saturated carbocycles. The number of nitrogens with one attached hydrogen (secondary N) is 3. The van der Waals surface area contributed by atoms with Crippen molar-refractivity contribution in [2.24, 2.45) is 5.73 Å². The second-order valence-electron chi connectivity index (χ2n) is 3.63. The van der Waals surface area contributed by atoms with Gasteiger partial charge in [0, 0.05) is 45.0 Å². The fraction of sp³-hybridized carbons (Fsp3) is 0.692. The van der Waals surface area contributed by atoms with E-state index in [1.807, 2.05) is 20.8 Å². The molecule has 0 spiro atoms. The summed E-state index contributed by atoms with van der Waals surface area (Å²) in [6, 6.07) is 0. The Labute approximate surface area is 107 Å². The maximum atomic E-state index is 5.35. The van der Waals surface area contributed by atoms with Crippen LogP contribution in [0.2, 0.25) is 0 Å². The molecule has 0 aromatic heterocycles.